The summed E-state index contributed by atoms with van der Waals surface area (Å²) in [5, 5.41) is 6.87. The van der Waals surface area contributed by atoms with Crippen LogP contribution in [0.2, 0.25) is 0 Å². The van der Waals surface area contributed by atoms with Crippen LogP contribution >= 0.6 is 0 Å². The monoisotopic (exact) mass is 241 g/mol. The van der Waals surface area contributed by atoms with E-state index < -0.39 is 16.2 Å². The van der Waals surface area contributed by atoms with Crippen LogP contribution < -0.4 is 0 Å². The number of rotatable bonds is 5. The predicted octanol–water partition coefficient (Wildman–Crippen LogP) is 2.13. The molecule has 1 aromatic carbocycles. The van der Waals surface area contributed by atoms with Crippen molar-refractivity contribution in [2.75, 3.05) is 0 Å². The van der Waals surface area contributed by atoms with Gasteiger partial charge in [-0.25, -0.2) is 0 Å². The average Bonchev–Trinajstić information content (AvgIpc) is 2.17. The summed E-state index contributed by atoms with van der Waals surface area (Å²) in [7, 11) is -3.70. The zero-order valence-corrected chi connectivity index (χ0v) is 10.1. The van der Waals surface area contributed by atoms with Crippen molar-refractivity contribution >= 4 is 16.3 Å². The largest absolute Gasteiger partial charge is 0.313 e. The highest BCUT2D eigenvalue weighted by molar-refractivity contribution is 7.86. The maximum absolute atomic E-state index is 11.7. The second-order valence-corrected chi connectivity index (χ2v) is 5.19. The van der Waals surface area contributed by atoms with Crippen LogP contribution in [0.5, 0.6) is 0 Å². The first kappa shape index (κ1) is 12.9. The van der Waals surface area contributed by atoms with Crippen molar-refractivity contribution in [2.45, 2.75) is 31.3 Å². The summed E-state index contributed by atoms with van der Waals surface area (Å²) >= 11 is 0. The Bertz CT molecular complexity index is 451. The molecule has 1 aromatic rings. The molecule has 4 nitrogen and oxygen atoms in total. The van der Waals surface area contributed by atoms with Gasteiger partial charge in [0.25, 0.3) is 10.1 Å². The fraction of sp³-hybridized carbons (Fsp3) is 0.364. The smallest absolute Gasteiger partial charge is 0.297 e. The van der Waals surface area contributed by atoms with Crippen molar-refractivity contribution in [2.24, 2.45) is 0 Å². The van der Waals surface area contributed by atoms with Crippen molar-refractivity contribution in [3.05, 3.63) is 29.8 Å². The van der Waals surface area contributed by atoms with Gasteiger partial charge in [-0.3, -0.25) is 4.18 Å². The Morgan fingerprint density at radius 3 is 2.44 bits per heavy atom. The third-order valence-electron chi connectivity index (χ3n) is 2.05. The summed E-state index contributed by atoms with van der Waals surface area (Å²) in [5.41, 5.74) is 0.992. The summed E-state index contributed by atoms with van der Waals surface area (Å²) < 4.78 is 28.4. The number of benzene rings is 1. The van der Waals surface area contributed by atoms with Crippen LogP contribution in [0.25, 0.3) is 0 Å². The van der Waals surface area contributed by atoms with E-state index in [4.69, 9.17) is 9.59 Å². The lowest BCUT2D eigenvalue weighted by Gasteiger charge is -2.10. The normalized spacial score (nSPS) is 13.4. The standard InChI is InChI=1S/C11H15NO3S/c1-9-3-5-11(6-4-9)16(13,14)15-10(2)7-8-12/h3-6,8,10,12H,7H2,1-2H3. The van der Waals surface area contributed by atoms with Gasteiger partial charge in [-0.05, 0) is 32.2 Å². The molecule has 0 amide bonds. The van der Waals surface area contributed by atoms with Gasteiger partial charge in [-0.15, -0.1) is 0 Å². The minimum Gasteiger partial charge on any atom is -0.313 e. The molecular formula is C11H15NO3S. The first-order chi connectivity index (χ1) is 7.45. The van der Waals surface area contributed by atoms with Crippen molar-refractivity contribution in [1.82, 2.24) is 0 Å². The zero-order chi connectivity index (χ0) is 12.2. The van der Waals surface area contributed by atoms with E-state index in [-0.39, 0.29) is 11.3 Å². The Labute approximate surface area is 95.9 Å². The summed E-state index contributed by atoms with van der Waals surface area (Å²) in [6.45, 7) is 3.51. The van der Waals surface area contributed by atoms with Gasteiger partial charge in [0.15, 0.2) is 0 Å². The molecule has 0 fully saturated rings. The molecule has 1 atom stereocenters. The molecule has 0 bridgehead atoms. The highest BCUT2D eigenvalue weighted by atomic mass is 32.2. The zero-order valence-electron chi connectivity index (χ0n) is 9.30. The average molecular weight is 241 g/mol. The molecule has 0 aliphatic rings. The molecule has 1 N–H and O–H groups in total. The molecule has 0 radical (unpaired) electrons. The molecule has 88 valence electrons. The second-order valence-electron chi connectivity index (χ2n) is 3.61. The molecule has 0 aliphatic carbocycles. The lowest BCUT2D eigenvalue weighted by molar-refractivity contribution is 0.238. The van der Waals surface area contributed by atoms with E-state index in [1.54, 1.807) is 19.1 Å². The van der Waals surface area contributed by atoms with E-state index >= 15 is 0 Å². The van der Waals surface area contributed by atoms with Crippen molar-refractivity contribution in [3.63, 3.8) is 0 Å². The third kappa shape index (κ3) is 3.43. The van der Waals surface area contributed by atoms with E-state index in [1.807, 2.05) is 6.92 Å². The van der Waals surface area contributed by atoms with Gasteiger partial charge >= 0.3 is 0 Å². The van der Waals surface area contributed by atoms with Gasteiger partial charge in [0.1, 0.15) is 0 Å². The summed E-state index contributed by atoms with van der Waals surface area (Å²) in [6, 6.07) is 6.47. The van der Waals surface area contributed by atoms with Gasteiger partial charge < -0.3 is 5.41 Å². The van der Waals surface area contributed by atoms with E-state index in [1.165, 1.54) is 12.1 Å². The highest BCUT2D eigenvalue weighted by Gasteiger charge is 2.18. The predicted molar refractivity (Wildman–Crippen MR) is 62.3 cm³/mol. The topological polar surface area (TPSA) is 67.2 Å². The molecule has 0 heterocycles. The van der Waals surface area contributed by atoms with Gasteiger partial charge in [0.05, 0.1) is 11.0 Å². The van der Waals surface area contributed by atoms with Crippen LogP contribution in [0.1, 0.15) is 18.9 Å². The fourth-order valence-corrected chi connectivity index (χ4v) is 2.27. The van der Waals surface area contributed by atoms with Crippen molar-refractivity contribution < 1.29 is 12.6 Å². The van der Waals surface area contributed by atoms with E-state index in [0.29, 0.717) is 0 Å². The van der Waals surface area contributed by atoms with Crippen LogP contribution in [0.3, 0.4) is 0 Å². The molecule has 0 saturated carbocycles. The molecule has 0 saturated heterocycles. The van der Waals surface area contributed by atoms with Crippen LogP contribution in [0, 0.1) is 12.3 Å². The molecule has 0 aliphatic heterocycles. The molecule has 0 aromatic heterocycles. The van der Waals surface area contributed by atoms with Crippen LogP contribution in [0.4, 0.5) is 0 Å². The molecule has 0 spiro atoms. The summed E-state index contributed by atoms with van der Waals surface area (Å²) in [5.74, 6) is 0. The molecule has 5 heteroatoms. The molecule has 1 rings (SSSR count). The lowest BCUT2D eigenvalue weighted by atomic mass is 10.2. The summed E-state index contributed by atoms with van der Waals surface area (Å²) in [4.78, 5) is 0.148. The molecular weight excluding hydrogens is 226 g/mol. The Balaban J connectivity index is 2.85. The van der Waals surface area contributed by atoms with E-state index in [9.17, 15) is 8.42 Å². The molecule has 1 unspecified atom stereocenters. The van der Waals surface area contributed by atoms with E-state index in [2.05, 4.69) is 0 Å². The van der Waals surface area contributed by atoms with Gasteiger partial charge in [0, 0.05) is 6.42 Å². The van der Waals surface area contributed by atoms with Crippen LogP contribution in [0.15, 0.2) is 29.2 Å². The first-order valence-electron chi connectivity index (χ1n) is 4.94. The Kier molecular flexibility index (Phi) is 4.20. The van der Waals surface area contributed by atoms with Crippen molar-refractivity contribution in [1.29, 1.82) is 5.41 Å². The quantitative estimate of drug-likeness (QED) is 0.634. The number of hydrogen-bond donors (Lipinski definition) is 1. The fourth-order valence-electron chi connectivity index (χ4n) is 1.18. The maximum Gasteiger partial charge on any atom is 0.297 e. The minimum atomic E-state index is -3.70. The van der Waals surface area contributed by atoms with Gasteiger partial charge in [-0.2, -0.15) is 8.42 Å². The minimum absolute atomic E-state index is 0.148. The second kappa shape index (κ2) is 5.23. The third-order valence-corrected chi connectivity index (χ3v) is 3.48. The Morgan fingerprint density at radius 2 is 1.94 bits per heavy atom. The first-order valence-corrected chi connectivity index (χ1v) is 6.35. The lowest BCUT2D eigenvalue weighted by Crippen LogP contribution is -2.15. The number of hydrogen-bond acceptors (Lipinski definition) is 4. The van der Waals surface area contributed by atoms with Crippen LogP contribution in [-0.2, 0) is 14.3 Å². The highest BCUT2D eigenvalue weighted by Crippen LogP contribution is 2.15. The SMILES string of the molecule is Cc1ccc(S(=O)(=O)OC(C)CC=N)cc1. The number of nitrogens with one attached hydrogen (secondary N) is 1. The number of aryl methyl sites for hydroxylation is 1. The molecule has 16 heavy (non-hydrogen) atoms. The summed E-state index contributed by atoms with van der Waals surface area (Å²) in [6.07, 6.45) is 0.907. The van der Waals surface area contributed by atoms with Crippen molar-refractivity contribution in [3.8, 4) is 0 Å². The Morgan fingerprint density at radius 1 is 1.38 bits per heavy atom. The van der Waals surface area contributed by atoms with Gasteiger partial charge in [-0.1, -0.05) is 17.7 Å². The van der Waals surface area contributed by atoms with E-state index in [0.717, 1.165) is 11.8 Å². The van der Waals surface area contributed by atoms with Gasteiger partial charge in [0.2, 0.25) is 0 Å². The maximum atomic E-state index is 11.7. The van der Waals surface area contributed by atoms with Crippen LogP contribution in [-0.4, -0.2) is 20.7 Å². The Hall–Kier alpha value is -1.20.